The molecule has 0 bridgehead atoms. The van der Waals surface area contributed by atoms with E-state index in [4.69, 9.17) is 5.26 Å². The minimum atomic E-state index is -0.348. The fraction of sp³-hybridized carbons (Fsp3) is 0.429. The number of nitrogens with one attached hydrogen (secondary N) is 2. The van der Waals surface area contributed by atoms with Gasteiger partial charge in [-0.25, -0.2) is 4.98 Å². The lowest BCUT2D eigenvalue weighted by atomic mass is 10.2. The third-order valence-corrected chi connectivity index (χ3v) is 1.42. The van der Waals surface area contributed by atoms with Crippen LogP contribution in [0.25, 0.3) is 0 Å². The molecule has 68 valence electrons. The summed E-state index contributed by atoms with van der Waals surface area (Å²) in [6.45, 7) is 2.04. The number of aromatic nitrogens is 3. The average Bonchev–Trinajstić information content (AvgIpc) is 2.66. The molecule has 1 amide bonds. The van der Waals surface area contributed by atoms with Gasteiger partial charge in [0.2, 0.25) is 5.82 Å². The molecule has 0 aliphatic carbocycles. The number of rotatable bonds is 3. The van der Waals surface area contributed by atoms with Crippen LogP contribution in [0.15, 0.2) is 6.33 Å². The quantitative estimate of drug-likeness (QED) is 0.665. The second-order valence-electron chi connectivity index (χ2n) is 2.57. The van der Waals surface area contributed by atoms with Gasteiger partial charge < -0.3 is 5.32 Å². The maximum Gasteiger partial charge on any atom is 0.288 e. The van der Waals surface area contributed by atoms with Crippen molar-refractivity contribution in [3.05, 3.63) is 12.2 Å². The summed E-state index contributed by atoms with van der Waals surface area (Å²) in [6, 6.07) is 2.00. The molecule has 1 rings (SSSR count). The smallest absolute Gasteiger partial charge is 0.288 e. The van der Waals surface area contributed by atoms with E-state index in [1.54, 1.807) is 6.92 Å². The summed E-state index contributed by atoms with van der Waals surface area (Å²) in [5.41, 5.74) is 0. The van der Waals surface area contributed by atoms with E-state index in [1.165, 1.54) is 6.33 Å². The van der Waals surface area contributed by atoms with Gasteiger partial charge in [-0.3, -0.25) is 9.89 Å². The molecular weight excluding hydrogens is 170 g/mol. The Morgan fingerprint density at radius 2 is 2.69 bits per heavy atom. The molecule has 1 atom stereocenters. The summed E-state index contributed by atoms with van der Waals surface area (Å²) < 4.78 is 0. The van der Waals surface area contributed by atoms with E-state index in [9.17, 15) is 4.79 Å². The fourth-order valence-corrected chi connectivity index (χ4v) is 0.690. The Morgan fingerprint density at radius 1 is 1.92 bits per heavy atom. The summed E-state index contributed by atoms with van der Waals surface area (Å²) in [5.74, 6) is -0.392. The van der Waals surface area contributed by atoms with Crippen LogP contribution >= 0.6 is 0 Å². The standard InChI is InChI=1S/C7H9N5O/c1-5(2-8)3-9-7(13)6-10-4-11-12-6/h4-5H,3H2,1H3,(H,9,13)(H,10,11,12). The summed E-state index contributed by atoms with van der Waals surface area (Å²) in [4.78, 5) is 14.8. The molecule has 1 heterocycles. The lowest BCUT2D eigenvalue weighted by Gasteiger charge is -2.02. The Balaban J connectivity index is 2.40. The number of aromatic amines is 1. The largest absolute Gasteiger partial charge is 0.348 e. The highest BCUT2D eigenvalue weighted by molar-refractivity contribution is 5.90. The molecule has 0 aromatic carbocycles. The molecule has 0 aliphatic rings. The molecule has 6 heteroatoms. The number of nitriles is 1. The van der Waals surface area contributed by atoms with Crippen molar-refractivity contribution < 1.29 is 4.79 Å². The second-order valence-corrected chi connectivity index (χ2v) is 2.57. The zero-order chi connectivity index (χ0) is 9.68. The van der Waals surface area contributed by atoms with Crippen molar-refractivity contribution in [3.63, 3.8) is 0 Å². The van der Waals surface area contributed by atoms with Crippen LogP contribution in [-0.2, 0) is 0 Å². The molecule has 2 N–H and O–H groups in total. The minimum absolute atomic E-state index is 0.158. The molecular formula is C7H9N5O. The Labute approximate surface area is 75.0 Å². The maximum absolute atomic E-state index is 11.2. The van der Waals surface area contributed by atoms with Crippen LogP contribution in [0.2, 0.25) is 0 Å². The fourth-order valence-electron chi connectivity index (χ4n) is 0.690. The van der Waals surface area contributed by atoms with Crippen LogP contribution in [0.1, 0.15) is 17.5 Å². The Morgan fingerprint density at radius 3 is 3.23 bits per heavy atom. The minimum Gasteiger partial charge on any atom is -0.348 e. The number of amides is 1. The van der Waals surface area contributed by atoms with Crippen molar-refractivity contribution in [1.82, 2.24) is 20.5 Å². The van der Waals surface area contributed by atoms with Crippen molar-refractivity contribution in [1.29, 1.82) is 5.26 Å². The van der Waals surface area contributed by atoms with Crippen molar-refractivity contribution in [3.8, 4) is 6.07 Å². The number of nitrogens with zero attached hydrogens (tertiary/aromatic N) is 3. The Kier molecular flexibility index (Phi) is 2.97. The monoisotopic (exact) mass is 179 g/mol. The van der Waals surface area contributed by atoms with Gasteiger partial charge in [0, 0.05) is 6.54 Å². The molecule has 0 aliphatic heterocycles. The summed E-state index contributed by atoms with van der Waals surface area (Å²) in [5, 5.41) is 16.9. The topological polar surface area (TPSA) is 94.5 Å². The summed E-state index contributed by atoms with van der Waals surface area (Å²) in [7, 11) is 0. The second kappa shape index (κ2) is 4.21. The van der Waals surface area contributed by atoms with Crippen molar-refractivity contribution in [2.75, 3.05) is 6.54 Å². The molecule has 13 heavy (non-hydrogen) atoms. The Bertz CT molecular complexity index is 312. The number of carbonyl (C=O) groups is 1. The molecule has 0 radical (unpaired) electrons. The highest BCUT2D eigenvalue weighted by Crippen LogP contribution is 1.90. The van der Waals surface area contributed by atoms with Gasteiger partial charge in [0.05, 0.1) is 12.0 Å². The molecule has 0 spiro atoms. The van der Waals surface area contributed by atoms with Crippen LogP contribution < -0.4 is 5.32 Å². The van der Waals surface area contributed by atoms with Crippen LogP contribution in [-0.4, -0.2) is 27.6 Å². The van der Waals surface area contributed by atoms with Crippen molar-refractivity contribution in [2.24, 2.45) is 5.92 Å². The van der Waals surface area contributed by atoms with E-state index in [0.717, 1.165) is 0 Å². The lowest BCUT2D eigenvalue weighted by molar-refractivity contribution is 0.0941. The zero-order valence-corrected chi connectivity index (χ0v) is 7.11. The van der Waals surface area contributed by atoms with Crippen LogP contribution in [0.3, 0.4) is 0 Å². The van der Waals surface area contributed by atoms with Gasteiger partial charge in [0.1, 0.15) is 6.33 Å². The zero-order valence-electron chi connectivity index (χ0n) is 7.11. The van der Waals surface area contributed by atoms with Gasteiger partial charge in [0.25, 0.3) is 5.91 Å². The van der Waals surface area contributed by atoms with E-state index >= 15 is 0 Å². The van der Waals surface area contributed by atoms with Gasteiger partial charge in [0.15, 0.2) is 0 Å². The average molecular weight is 179 g/mol. The molecule has 1 aromatic heterocycles. The van der Waals surface area contributed by atoms with Gasteiger partial charge in [-0.1, -0.05) is 0 Å². The third-order valence-electron chi connectivity index (χ3n) is 1.42. The van der Waals surface area contributed by atoms with E-state index in [0.29, 0.717) is 6.54 Å². The molecule has 0 saturated carbocycles. The van der Waals surface area contributed by atoms with E-state index in [-0.39, 0.29) is 17.6 Å². The molecule has 6 nitrogen and oxygen atoms in total. The predicted molar refractivity (Wildman–Crippen MR) is 43.5 cm³/mol. The van der Waals surface area contributed by atoms with E-state index in [2.05, 4.69) is 20.5 Å². The SMILES string of the molecule is CC(C#N)CNC(=O)c1ncn[nH]1. The highest BCUT2D eigenvalue weighted by Gasteiger charge is 2.08. The van der Waals surface area contributed by atoms with E-state index < -0.39 is 0 Å². The Hall–Kier alpha value is -1.90. The van der Waals surface area contributed by atoms with Crippen LogP contribution in [0, 0.1) is 17.2 Å². The molecule has 0 saturated heterocycles. The van der Waals surface area contributed by atoms with Crippen LogP contribution in [0.4, 0.5) is 0 Å². The summed E-state index contributed by atoms with van der Waals surface area (Å²) in [6.07, 6.45) is 1.25. The van der Waals surface area contributed by atoms with Crippen molar-refractivity contribution >= 4 is 5.91 Å². The highest BCUT2D eigenvalue weighted by atomic mass is 16.2. The third kappa shape index (κ3) is 2.56. The number of hydrogen-bond donors (Lipinski definition) is 2. The van der Waals surface area contributed by atoms with Gasteiger partial charge in [-0.05, 0) is 6.92 Å². The lowest BCUT2D eigenvalue weighted by Crippen LogP contribution is -2.28. The number of H-pyrrole nitrogens is 1. The first kappa shape index (κ1) is 9.19. The predicted octanol–water partition coefficient (Wildman–Crippen LogP) is -0.306. The van der Waals surface area contributed by atoms with Gasteiger partial charge in [-0.2, -0.15) is 10.4 Å². The first-order chi connectivity index (χ1) is 6.24. The van der Waals surface area contributed by atoms with Crippen molar-refractivity contribution in [2.45, 2.75) is 6.92 Å². The number of carbonyl (C=O) groups excluding carboxylic acids is 1. The first-order valence-corrected chi connectivity index (χ1v) is 3.77. The van der Waals surface area contributed by atoms with Gasteiger partial charge in [-0.15, -0.1) is 0 Å². The maximum atomic E-state index is 11.2. The molecule has 0 fully saturated rings. The van der Waals surface area contributed by atoms with Crippen LogP contribution in [0.5, 0.6) is 0 Å². The molecule has 1 unspecified atom stereocenters. The normalized spacial score (nSPS) is 11.7. The number of hydrogen-bond acceptors (Lipinski definition) is 4. The van der Waals surface area contributed by atoms with Gasteiger partial charge >= 0.3 is 0 Å². The molecule has 1 aromatic rings. The first-order valence-electron chi connectivity index (χ1n) is 3.77. The summed E-state index contributed by atoms with van der Waals surface area (Å²) >= 11 is 0. The van der Waals surface area contributed by atoms with E-state index in [1.807, 2.05) is 6.07 Å².